The third-order valence-corrected chi connectivity index (χ3v) is 5.15. The summed E-state index contributed by atoms with van der Waals surface area (Å²) in [4.78, 5) is 0. The van der Waals surface area contributed by atoms with Crippen molar-refractivity contribution in [1.29, 1.82) is 0 Å². The second kappa shape index (κ2) is 5.77. The average molecular weight is 291 g/mol. The van der Waals surface area contributed by atoms with Crippen molar-refractivity contribution in [3.63, 3.8) is 0 Å². The molecule has 1 aliphatic heterocycles. The van der Waals surface area contributed by atoms with Gasteiger partial charge in [-0.2, -0.15) is 0 Å². The molecule has 0 radical (unpaired) electrons. The lowest BCUT2D eigenvalue weighted by atomic mass is 9.75. The van der Waals surface area contributed by atoms with Gasteiger partial charge in [-0.3, -0.25) is 0 Å². The normalized spacial score (nSPS) is 28.4. The third kappa shape index (κ3) is 3.19. The molecular formula is C18H29NO2. The lowest BCUT2D eigenvalue weighted by molar-refractivity contribution is 0.00848. The van der Waals surface area contributed by atoms with E-state index in [4.69, 9.17) is 4.74 Å². The number of aliphatic hydroxyl groups is 1. The zero-order valence-corrected chi connectivity index (χ0v) is 13.7. The number of hydrogen-bond donors (Lipinski definition) is 1. The first kappa shape index (κ1) is 15.1. The summed E-state index contributed by atoms with van der Waals surface area (Å²) in [7, 11) is 0. The van der Waals surface area contributed by atoms with Crippen LogP contribution in [0.25, 0.3) is 0 Å². The van der Waals surface area contributed by atoms with Gasteiger partial charge in [-0.1, -0.05) is 13.8 Å². The molecule has 1 aromatic rings. The number of ether oxygens (including phenoxy) is 1. The lowest BCUT2D eigenvalue weighted by Gasteiger charge is -2.34. The van der Waals surface area contributed by atoms with Gasteiger partial charge in [-0.15, -0.1) is 0 Å². The standard InChI is InChI=1S/C18H29NO2/c1-13-10-15-16(11-18(2,3)12-17(15)20)19(13)8-7-14-6-4-5-9-21-14/h10,14,17,20H,4-9,11-12H2,1-3H3. The molecule has 1 saturated heterocycles. The highest BCUT2D eigenvalue weighted by atomic mass is 16.5. The van der Waals surface area contributed by atoms with Gasteiger partial charge in [0.2, 0.25) is 0 Å². The minimum atomic E-state index is -0.297. The van der Waals surface area contributed by atoms with Crippen molar-refractivity contribution in [2.45, 2.75) is 78.0 Å². The van der Waals surface area contributed by atoms with Gasteiger partial charge < -0.3 is 14.4 Å². The quantitative estimate of drug-likeness (QED) is 0.920. The Morgan fingerprint density at radius 3 is 2.90 bits per heavy atom. The minimum Gasteiger partial charge on any atom is -0.388 e. The van der Waals surface area contributed by atoms with Crippen LogP contribution < -0.4 is 0 Å². The predicted molar refractivity (Wildman–Crippen MR) is 84.4 cm³/mol. The summed E-state index contributed by atoms with van der Waals surface area (Å²) in [5, 5.41) is 10.4. The zero-order chi connectivity index (χ0) is 15.0. The van der Waals surface area contributed by atoms with Crippen LogP contribution in [-0.4, -0.2) is 22.4 Å². The Labute approximate surface area is 128 Å². The summed E-state index contributed by atoms with van der Waals surface area (Å²) in [5.74, 6) is 0. The molecule has 2 aliphatic rings. The molecule has 3 nitrogen and oxygen atoms in total. The van der Waals surface area contributed by atoms with Gasteiger partial charge in [0, 0.05) is 30.1 Å². The Hall–Kier alpha value is -0.800. The molecule has 0 spiro atoms. The zero-order valence-electron chi connectivity index (χ0n) is 13.7. The minimum absolute atomic E-state index is 0.191. The molecule has 0 aromatic carbocycles. The number of hydrogen-bond acceptors (Lipinski definition) is 2. The van der Waals surface area contributed by atoms with E-state index in [0.717, 1.165) is 38.0 Å². The van der Waals surface area contributed by atoms with Gasteiger partial charge in [-0.25, -0.2) is 0 Å². The van der Waals surface area contributed by atoms with E-state index in [1.165, 1.54) is 30.7 Å². The smallest absolute Gasteiger partial charge is 0.0812 e. The second-order valence-electron chi connectivity index (χ2n) is 7.68. The number of aryl methyl sites for hydroxylation is 1. The maximum Gasteiger partial charge on any atom is 0.0812 e. The summed E-state index contributed by atoms with van der Waals surface area (Å²) in [6, 6.07) is 2.19. The molecule has 1 aliphatic carbocycles. The van der Waals surface area contributed by atoms with Crippen LogP contribution in [0.15, 0.2) is 6.07 Å². The largest absolute Gasteiger partial charge is 0.388 e. The maximum absolute atomic E-state index is 10.4. The molecule has 118 valence electrons. The first-order valence-electron chi connectivity index (χ1n) is 8.45. The van der Waals surface area contributed by atoms with E-state index in [1.54, 1.807) is 0 Å². The molecule has 3 rings (SSSR count). The number of rotatable bonds is 3. The van der Waals surface area contributed by atoms with Crippen LogP contribution in [-0.2, 0) is 17.7 Å². The molecular weight excluding hydrogens is 262 g/mol. The van der Waals surface area contributed by atoms with Crippen molar-refractivity contribution < 1.29 is 9.84 Å². The van der Waals surface area contributed by atoms with Crippen LogP contribution in [0.2, 0.25) is 0 Å². The van der Waals surface area contributed by atoms with Gasteiger partial charge >= 0.3 is 0 Å². The van der Waals surface area contributed by atoms with Crippen LogP contribution in [0.1, 0.15) is 69.0 Å². The number of aliphatic hydroxyl groups excluding tert-OH is 1. The van der Waals surface area contributed by atoms with Crippen molar-refractivity contribution >= 4 is 0 Å². The van der Waals surface area contributed by atoms with Crippen molar-refractivity contribution in [2.24, 2.45) is 5.41 Å². The van der Waals surface area contributed by atoms with Gasteiger partial charge in [0.05, 0.1) is 12.2 Å². The van der Waals surface area contributed by atoms with E-state index in [0.29, 0.717) is 6.10 Å². The highest BCUT2D eigenvalue weighted by Gasteiger charge is 2.34. The topological polar surface area (TPSA) is 34.4 Å². The van der Waals surface area contributed by atoms with Crippen molar-refractivity contribution in [3.8, 4) is 0 Å². The summed E-state index contributed by atoms with van der Waals surface area (Å²) in [6.45, 7) is 8.64. The summed E-state index contributed by atoms with van der Waals surface area (Å²) in [6.07, 6.45) is 6.89. The summed E-state index contributed by atoms with van der Waals surface area (Å²) in [5.41, 5.74) is 3.99. The van der Waals surface area contributed by atoms with E-state index >= 15 is 0 Å². The Morgan fingerprint density at radius 2 is 2.19 bits per heavy atom. The Kier molecular flexibility index (Phi) is 4.15. The number of aromatic nitrogens is 1. The maximum atomic E-state index is 10.4. The molecule has 21 heavy (non-hydrogen) atoms. The van der Waals surface area contributed by atoms with Crippen LogP contribution in [0.5, 0.6) is 0 Å². The van der Waals surface area contributed by atoms with Crippen LogP contribution >= 0.6 is 0 Å². The van der Waals surface area contributed by atoms with E-state index < -0.39 is 0 Å². The van der Waals surface area contributed by atoms with Crippen LogP contribution in [0.4, 0.5) is 0 Å². The fraction of sp³-hybridized carbons (Fsp3) is 0.778. The van der Waals surface area contributed by atoms with E-state index in [1.807, 2.05) is 0 Å². The monoisotopic (exact) mass is 291 g/mol. The van der Waals surface area contributed by atoms with Gasteiger partial charge in [0.25, 0.3) is 0 Å². The highest BCUT2D eigenvalue weighted by Crippen LogP contribution is 2.42. The molecule has 0 amide bonds. The third-order valence-electron chi connectivity index (χ3n) is 5.15. The Balaban J connectivity index is 1.76. The summed E-state index contributed by atoms with van der Waals surface area (Å²) >= 11 is 0. The molecule has 2 atom stereocenters. The van der Waals surface area contributed by atoms with E-state index in [2.05, 4.69) is 31.4 Å². The fourth-order valence-corrected chi connectivity index (χ4v) is 4.02. The van der Waals surface area contributed by atoms with Crippen LogP contribution in [0, 0.1) is 12.3 Å². The molecule has 0 saturated carbocycles. The highest BCUT2D eigenvalue weighted by molar-refractivity contribution is 5.33. The molecule has 0 bridgehead atoms. The van der Waals surface area contributed by atoms with Crippen molar-refractivity contribution in [1.82, 2.24) is 4.57 Å². The van der Waals surface area contributed by atoms with E-state index in [-0.39, 0.29) is 11.5 Å². The molecule has 2 heterocycles. The number of nitrogens with zero attached hydrogens (tertiary/aromatic N) is 1. The predicted octanol–water partition coefficient (Wildman–Crippen LogP) is 3.76. The SMILES string of the molecule is Cc1cc2c(n1CCC1CCCCO1)CC(C)(C)CC2O. The van der Waals surface area contributed by atoms with Gasteiger partial charge in [-0.05, 0) is 56.9 Å². The van der Waals surface area contributed by atoms with Crippen molar-refractivity contribution in [3.05, 3.63) is 23.0 Å². The van der Waals surface area contributed by atoms with Crippen molar-refractivity contribution in [2.75, 3.05) is 6.61 Å². The Morgan fingerprint density at radius 1 is 1.38 bits per heavy atom. The molecule has 1 aromatic heterocycles. The van der Waals surface area contributed by atoms with Gasteiger partial charge in [0.15, 0.2) is 0 Å². The van der Waals surface area contributed by atoms with E-state index in [9.17, 15) is 5.11 Å². The Bertz CT molecular complexity index is 498. The molecule has 1 fully saturated rings. The molecule has 2 unspecified atom stereocenters. The average Bonchev–Trinajstić information content (AvgIpc) is 2.73. The molecule has 3 heteroatoms. The fourth-order valence-electron chi connectivity index (χ4n) is 4.02. The second-order valence-corrected chi connectivity index (χ2v) is 7.68. The van der Waals surface area contributed by atoms with Gasteiger partial charge in [0.1, 0.15) is 0 Å². The first-order valence-corrected chi connectivity index (χ1v) is 8.45. The number of fused-ring (bicyclic) bond motifs is 1. The molecule has 1 N–H and O–H groups in total. The summed E-state index contributed by atoms with van der Waals surface area (Å²) < 4.78 is 8.29. The lowest BCUT2D eigenvalue weighted by Crippen LogP contribution is -2.27. The first-order chi connectivity index (χ1) is 9.96. The van der Waals surface area contributed by atoms with Crippen LogP contribution in [0.3, 0.4) is 0 Å².